The lowest BCUT2D eigenvalue weighted by molar-refractivity contribution is 0.354. The molecular weight excluding hydrogens is 290 g/mol. The zero-order valence-corrected chi connectivity index (χ0v) is 12.3. The maximum absolute atomic E-state index is 4.74. The normalized spacial score (nSPS) is 17.4. The van der Waals surface area contributed by atoms with Crippen molar-refractivity contribution in [3.8, 4) is 0 Å². The van der Waals surface area contributed by atoms with Crippen LogP contribution in [0.4, 0.5) is 0 Å². The van der Waals surface area contributed by atoms with Crippen molar-refractivity contribution < 1.29 is 0 Å². The monoisotopic (exact) mass is 307 g/mol. The van der Waals surface area contributed by atoms with E-state index < -0.39 is 0 Å². The average Bonchev–Trinajstić information content (AvgIpc) is 2.73. The van der Waals surface area contributed by atoms with Gasteiger partial charge in [0.05, 0.1) is 10.7 Å². The van der Waals surface area contributed by atoms with Crippen LogP contribution in [0.3, 0.4) is 0 Å². The summed E-state index contributed by atoms with van der Waals surface area (Å²) < 4.78 is 2.88. The summed E-state index contributed by atoms with van der Waals surface area (Å²) in [5.41, 5.74) is 3.32. The molecule has 0 bridgehead atoms. The van der Waals surface area contributed by atoms with Gasteiger partial charge in [-0.25, -0.2) is 9.50 Å². The van der Waals surface area contributed by atoms with Crippen molar-refractivity contribution in [3.05, 3.63) is 28.1 Å². The van der Waals surface area contributed by atoms with E-state index in [2.05, 4.69) is 34.0 Å². The quantitative estimate of drug-likeness (QED) is 0.841. The summed E-state index contributed by atoms with van der Waals surface area (Å²) in [4.78, 5) is 4.74. The van der Waals surface area contributed by atoms with Gasteiger partial charge in [-0.05, 0) is 41.3 Å². The van der Waals surface area contributed by atoms with Crippen molar-refractivity contribution in [2.45, 2.75) is 45.4 Å². The fourth-order valence-electron chi connectivity index (χ4n) is 2.94. The summed E-state index contributed by atoms with van der Waals surface area (Å²) >= 11 is 3.51. The Kier molecular flexibility index (Phi) is 3.37. The minimum atomic E-state index is 0.829. The van der Waals surface area contributed by atoms with Crippen LogP contribution in [0, 0.1) is 12.8 Å². The number of hydrogen-bond acceptors (Lipinski definition) is 2. The molecule has 3 nitrogen and oxygen atoms in total. The lowest BCUT2D eigenvalue weighted by atomic mass is 9.86. The van der Waals surface area contributed by atoms with E-state index in [0.717, 1.165) is 28.2 Å². The third kappa shape index (κ3) is 2.30. The SMILES string of the molecule is Cc1cc(CC2CCCCC2)nc2c(Br)cnn12. The van der Waals surface area contributed by atoms with Crippen molar-refractivity contribution in [2.24, 2.45) is 5.92 Å². The number of fused-ring (bicyclic) bond motifs is 1. The molecule has 2 aromatic heterocycles. The Morgan fingerprint density at radius 3 is 2.89 bits per heavy atom. The molecule has 0 unspecified atom stereocenters. The number of rotatable bonds is 2. The average molecular weight is 308 g/mol. The second-order valence-corrected chi connectivity index (χ2v) is 6.18. The summed E-state index contributed by atoms with van der Waals surface area (Å²) in [6.45, 7) is 2.10. The predicted octanol–water partition coefficient (Wildman–Crippen LogP) is 3.92. The third-order valence-corrected chi connectivity index (χ3v) is 4.44. The van der Waals surface area contributed by atoms with Gasteiger partial charge in [0, 0.05) is 11.4 Å². The molecule has 2 heterocycles. The smallest absolute Gasteiger partial charge is 0.169 e. The van der Waals surface area contributed by atoms with E-state index in [1.165, 1.54) is 37.8 Å². The van der Waals surface area contributed by atoms with E-state index >= 15 is 0 Å². The van der Waals surface area contributed by atoms with Crippen LogP contribution >= 0.6 is 15.9 Å². The van der Waals surface area contributed by atoms with E-state index in [1.807, 2.05) is 10.7 Å². The molecule has 1 aliphatic carbocycles. The van der Waals surface area contributed by atoms with E-state index in [9.17, 15) is 0 Å². The largest absolute Gasteiger partial charge is 0.233 e. The fourth-order valence-corrected chi connectivity index (χ4v) is 3.29. The van der Waals surface area contributed by atoms with Crippen LogP contribution < -0.4 is 0 Å². The molecule has 0 aliphatic heterocycles. The van der Waals surface area contributed by atoms with Gasteiger partial charge in [0.2, 0.25) is 0 Å². The van der Waals surface area contributed by atoms with Crippen LogP contribution in [-0.2, 0) is 6.42 Å². The van der Waals surface area contributed by atoms with Gasteiger partial charge in [-0.15, -0.1) is 0 Å². The summed E-state index contributed by atoms with van der Waals surface area (Å²) in [6.07, 6.45) is 9.87. The van der Waals surface area contributed by atoms with Crippen LogP contribution in [0.1, 0.15) is 43.5 Å². The van der Waals surface area contributed by atoms with Gasteiger partial charge in [0.1, 0.15) is 0 Å². The minimum absolute atomic E-state index is 0.829. The Labute approximate surface area is 116 Å². The van der Waals surface area contributed by atoms with E-state index in [1.54, 1.807) is 0 Å². The molecule has 1 fully saturated rings. The highest BCUT2D eigenvalue weighted by molar-refractivity contribution is 9.10. The van der Waals surface area contributed by atoms with Crippen molar-refractivity contribution in [1.29, 1.82) is 0 Å². The topological polar surface area (TPSA) is 30.2 Å². The summed E-state index contributed by atoms with van der Waals surface area (Å²) in [7, 11) is 0. The first-order valence-corrected chi connectivity index (χ1v) is 7.53. The molecule has 18 heavy (non-hydrogen) atoms. The van der Waals surface area contributed by atoms with E-state index in [-0.39, 0.29) is 0 Å². The minimum Gasteiger partial charge on any atom is -0.233 e. The standard InChI is InChI=1S/C14H18BrN3/c1-10-7-12(8-11-5-3-2-4-6-11)17-14-13(15)9-16-18(10)14/h7,9,11H,2-6,8H2,1H3. The first kappa shape index (κ1) is 12.2. The molecule has 0 saturated heterocycles. The third-order valence-electron chi connectivity index (χ3n) is 3.88. The highest BCUT2D eigenvalue weighted by Crippen LogP contribution is 2.27. The highest BCUT2D eigenvalue weighted by atomic mass is 79.9. The van der Waals surface area contributed by atoms with Crippen LogP contribution in [0.5, 0.6) is 0 Å². The molecule has 2 aromatic rings. The Bertz CT molecular complexity index is 555. The summed E-state index contributed by atoms with van der Waals surface area (Å²) in [5, 5.41) is 4.31. The molecule has 3 rings (SSSR count). The van der Waals surface area contributed by atoms with E-state index in [4.69, 9.17) is 4.98 Å². The highest BCUT2D eigenvalue weighted by Gasteiger charge is 2.16. The lowest BCUT2D eigenvalue weighted by Crippen LogP contribution is -2.11. The second-order valence-electron chi connectivity index (χ2n) is 5.32. The molecule has 4 heteroatoms. The zero-order chi connectivity index (χ0) is 12.5. The molecule has 96 valence electrons. The number of nitrogens with zero attached hydrogens (tertiary/aromatic N) is 3. The van der Waals surface area contributed by atoms with E-state index in [0.29, 0.717) is 0 Å². The molecule has 0 N–H and O–H groups in total. The Balaban J connectivity index is 1.89. The molecule has 0 atom stereocenters. The maximum atomic E-state index is 4.74. The van der Waals surface area contributed by atoms with Crippen LogP contribution in [-0.4, -0.2) is 14.6 Å². The second kappa shape index (κ2) is 5.00. The zero-order valence-electron chi connectivity index (χ0n) is 10.7. The molecule has 1 aliphatic rings. The van der Waals surface area contributed by atoms with Crippen molar-refractivity contribution >= 4 is 21.6 Å². The van der Waals surface area contributed by atoms with Gasteiger partial charge in [0.15, 0.2) is 5.65 Å². The molecule has 1 saturated carbocycles. The first-order chi connectivity index (χ1) is 8.74. The van der Waals surface area contributed by atoms with Gasteiger partial charge < -0.3 is 0 Å². The molecule has 0 amide bonds. The predicted molar refractivity (Wildman–Crippen MR) is 75.7 cm³/mol. The van der Waals surface area contributed by atoms with Crippen LogP contribution in [0.2, 0.25) is 0 Å². The summed E-state index contributed by atoms with van der Waals surface area (Å²) in [5.74, 6) is 0.829. The molecule has 0 aromatic carbocycles. The summed E-state index contributed by atoms with van der Waals surface area (Å²) in [6, 6.07) is 2.18. The number of aryl methyl sites for hydroxylation is 1. The maximum Gasteiger partial charge on any atom is 0.169 e. The van der Waals surface area contributed by atoms with Crippen LogP contribution in [0.25, 0.3) is 5.65 Å². The molecule has 0 radical (unpaired) electrons. The van der Waals surface area contributed by atoms with Gasteiger partial charge in [0.25, 0.3) is 0 Å². The number of aromatic nitrogens is 3. The number of halogens is 1. The van der Waals surface area contributed by atoms with Gasteiger partial charge in [-0.3, -0.25) is 0 Å². The Morgan fingerprint density at radius 2 is 2.11 bits per heavy atom. The van der Waals surface area contributed by atoms with Crippen molar-refractivity contribution in [3.63, 3.8) is 0 Å². The number of hydrogen-bond donors (Lipinski definition) is 0. The lowest BCUT2D eigenvalue weighted by Gasteiger charge is -2.21. The van der Waals surface area contributed by atoms with Gasteiger partial charge in [-0.2, -0.15) is 5.10 Å². The fraction of sp³-hybridized carbons (Fsp3) is 0.571. The molecule has 0 spiro atoms. The van der Waals surface area contributed by atoms with Crippen molar-refractivity contribution in [2.75, 3.05) is 0 Å². The Hall–Kier alpha value is -0.900. The first-order valence-electron chi connectivity index (χ1n) is 6.74. The van der Waals surface area contributed by atoms with Gasteiger partial charge in [-0.1, -0.05) is 32.1 Å². The molecular formula is C14H18BrN3. The van der Waals surface area contributed by atoms with Gasteiger partial charge >= 0.3 is 0 Å². The Morgan fingerprint density at radius 1 is 1.33 bits per heavy atom. The van der Waals surface area contributed by atoms with Crippen molar-refractivity contribution in [1.82, 2.24) is 14.6 Å². The van der Waals surface area contributed by atoms with Crippen LogP contribution in [0.15, 0.2) is 16.7 Å².